The summed E-state index contributed by atoms with van der Waals surface area (Å²) in [6, 6.07) is 5.70. The summed E-state index contributed by atoms with van der Waals surface area (Å²) in [6.45, 7) is 6.36. The first-order valence-electron chi connectivity index (χ1n) is 6.71. The van der Waals surface area contributed by atoms with Crippen molar-refractivity contribution in [3.05, 3.63) is 23.6 Å². The van der Waals surface area contributed by atoms with Crippen LogP contribution in [0.25, 0.3) is 11.3 Å². The van der Waals surface area contributed by atoms with E-state index in [9.17, 15) is 4.79 Å². The van der Waals surface area contributed by atoms with Gasteiger partial charge < -0.3 is 15.4 Å². The standard InChI is InChI=1S/C15H17N3O2S/c1-15(2,3)18-14-17-11(8-21-14)9-4-5-12-10(6-9)16-13(19)7-20-12/h4-6,8H,7H2,1-3H3,(H,16,19)(H,17,18). The molecule has 2 N–H and O–H groups in total. The minimum atomic E-state index is -0.131. The highest BCUT2D eigenvalue weighted by Gasteiger charge is 2.17. The van der Waals surface area contributed by atoms with Gasteiger partial charge in [-0.05, 0) is 39.0 Å². The van der Waals surface area contributed by atoms with Crippen LogP contribution in [-0.2, 0) is 4.79 Å². The number of hydrogen-bond acceptors (Lipinski definition) is 5. The van der Waals surface area contributed by atoms with Crippen LogP contribution in [0.4, 0.5) is 10.8 Å². The maximum Gasteiger partial charge on any atom is 0.262 e. The normalized spacial score (nSPS) is 14.1. The summed E-state index contributed by atoms with van der Waals surface area (Å²) in [4.78, 5) is 16.0. The van der Waals surface area contributed by atoms with E-state index < -0.39 is 0 Å². The van der Waals surface area contributed by atoms with E-state index in [0.29, 0.717) is 11.4 Å². The summed E-state index contributed by atoms with van der Waals surface area (Å²) >= 11 is 1.57. The average Bonchev–Trinajstić information content (AvgIpc) is 2.84. The third kappa shape index (κ3) is 3.16. The van der Waals surface area contributed by atoms with Crippen molar-refractivity contribution >= 4 is 28.1 Å². The van der Waals surface area contributed by atoms with E-state index in [1.54, 1.807) is 11.3 Å². The Morgan fingerprint density at radius 2 is 2.19 bits per heavy atom. The van der Waals surface area contributed by atoms with Gasteiger partial charge in [0.15, 0.2) is 11.7 Å². The molecule has 0 unspecified atom stereocenters. The van der Waals surface area contributed by atoms with Crippen molar-refractivity contribution in [1.82, 2.24) is 4.98 Å². The Hall–Kier alpha value is -2.08. The first-order valence-corrected chi connectivity index (χ1v) is 7.59. The molecule has 0 bridgehead atoms. The molecule has 3 rings (SSSR count). The zero-order valence-electron chi connectivity index (χ0n) is 12.2. The lowest BCUT2D eigenvalue weighted by atomic mass is 10.1. The molecule has 0 saturated carbocycles. The molecule has 1 aliphatic heterocycles. The van der Waals surface area contributed by atoms with Gasteiger partial charge >= 0.3 is 0 Å². The van der Waals surface area contributed by atoms with Gasteiger partial charge in [-0.3, -0.25) is 4.79 Å². The summed E-state index contributed by atoms with van der Waals surface area (Å²) in [7, 11) is 0. The summed E-state index contributed by atoms with van der Waals surface area (Å²) in [6.07, 6.45) is 0. The van der Waals surface area contributed by atoms with Gasteiger partial charge in [0.1, 0.15) is 5.75 Å². The summed E-state index contributed by atoms with van der Waals surface area (Å²) in [5.74, 6) is 0.564. The molecule has 0 atom stereocenters. The number of nitrogens with zero attached hydrogens (tertiary/aromatic N) is 1. The van der Waals surface area contributed by atoms with E-state index in [-0.39, 0.29) is 18.1 Å². The van der Waals surface area contributed by atoms with Gasteiger partial charge in [0.2, 0.25) is 0 Å². The van der Waals surface area contributed by atoms with Crippen LogP contribution in [0.1, 0.15) is 20.8 Å². The molecule has 0 saturated heterocycles. The van der Waals surface area contributed by atoms with Gasteiger partial charge in [-0.1, -0.05) is 0 Å². The molecule has 0 fully saturated rings. The number of carbonyl (C=O) groups excluding carboxylic acids is 1. The molecule has 0 radical (unpaired) electrons. The molecule has 1 aliphatic rings. The number of thiazole rings is 1. The van der Waals surface area contributed by atoms with Crippen molar-refractivity contribution in [2.75, 3.05) is 17.2 Å². The van der Waals surface area contributed by atoms with Gasteiger partial charge in [0, 0.05) is 16.5 Å². The second-order valence-corrected chi connectivity index (χ2v) is 6.82. The van der Waals surface area contributed by atoms with E-state index in [0.717, 1.165) is 16.4 Å². The predicted molar refractivity (Wildman–Crippen MR) is 85.1 cm³/mol. The summed E-state index contributed by atoms with van der Waals surface area (Å²) in [5, 5.41) is 9.05. The highest BCUT2D eigenvalue weighted by Crippen LogP contribution is 2.34. The lowest BCUT2D eigenvalue weighted by molar-refractivity contribution is -0.118. The number of carbonyl (C=O) groups is 1. The number of amides is 1. The van der Waals surface area contributed by atoms with E-state index in [2.05, 4.69) is 36.4 Å². The number of fused-ring (bicyclic) bond motifs is 1. The zero-order valence-corrected chi connectivity index (χ0v) is 13.0. The van der Waals surface area contributed by atoms with Crippen LogP contribution in [0.2, 0.25) is 0 Å². The zero-order chi connectivity index (χ0) is 15.0. The Morgan fingerprint density at radius 1 is 1.38 bits per heavy atom. The Morgan fingerprint density at radius 3 is 2.95 bits per heavy atom. The fourth-order valence-electron chi connectivity index (χ4n) is 2.03. The van der Waals surface area contributed by atoms with Crippen molar-refractivity contribution in [2.45, 2.75) is 26.3 Å². The Labute approximate surface area is 127 Å². The Bertz CT molecular complexity index is 688. The fraction of sp³-hybridized carbons (Fsp3) is 0.333. The van der Waals surface area contributed by atoms with Crippen LogP contribution < -0.4 is 15.4 Å². The molecule has 21 heavy (non-hydrogen) atoms. The van der Waals surface area contributed by atoms with Crippen molar-refractivity contribution < 1.29 is 9.53 Å². The molecule has 0 aliphatic carbocycles. The van der Waals surface area contributed by atoms with E-state index in [1.807, 2.05) is 23.6 Å². The third-order valence-electron chi connectivity index (χ3n) is 2.89. The molecule has 6 heteroatoms. The lowest BCUT2D eigenvalue weighted by Gasteiger charge is -2.19. The van der Waals surface area contributed by atoms with Gasteiger partial charge in [0.05, 0.1) is 11.4 Å². The number of rotatable bonds is 2. The lowest BCUT2D eigenvalue weighted by Crippen LogP contribution is -2.25. The molecule has 1 amide bonds. The fourth-order valence-corrected chi connectivity index (χ4v) is 2.96. The second-order valence-electron chi connectivity index (χ2n) is 5.96. The first-order chi connectivity index (χ1) is 9.90. The van der Waals surface area contributed by atoms with E-state index in [4.69, 9.17) is 4.74 Å². The molecule has 2 aromatic rings. The molecular weight excluding hydrogens is 286 g/mol. The molecule has 1 aromatic heterocycles. The maximum atomic E-state index is 11.4. The number of nitrogens with one attached hydrogen (secondary N) is 2. The molecule has 5 nitrogen and oxygen atoms in total. The van der Waals surface area contributed by atoms with Crippen LogP contribution in [0.5, 0.6) is 5.75 Å². The third-order valence-corrected chi connectivity index (χ3v) is 3.65. The highest BCUT2D eigenvalue weighted by atomic mass is 32.1. The molecule has 0 spiro atoms. The van der Waals surface area contributed by atoms with Crippen molar-refractivity contribution in [3.8, 4) is 17.0 Å². The summed E-state index contributed by atoms with van der Waals surface area (Å²) < 4.78 is 5.36. The van der Waals surface area contributed by atoms with Crippen LogP contribution in [0, 0.1) is 0 Å². The maximum absolute atomic E-state index is 11.4. The van der Waals surface area contributed by atoms with Crippen LogP contribution in [-0.4, -0.2) is 23.0 Å². The van der Waals surface area contributed by atoms with Crippen molar-refractivity contribution in [2.24, 2.45) is 0 Å². The number of aromatic nitrogens is 1. The number of hydrogen-bond donors (Lipinski definition) is 2. The van der Waals surface area contributed by atoms with Gasteiger partial charge in [-0.25, -0.2) is 4.98 Å². The Kier molecular flexibility index (Phi) is 3.33. The molecule has 110 valence electrons. The van der Waals surface area contributed by atoms with Gasteiger partial charge in [-0.2, -0.15) is 0 Å². The highest BCUT2D eigenvalue weighted by molar-refractivity contribution is 7.14. The van der Waals surface area contributed by atoms with Crippen LogP contribution >= 0.6 is 11.3 Å². The largest absolute Gasteiger partial charge is 0.482 e. The smallest absolute Gasteiger partial charge is 0.262 e. The number of anilines is 2. The van der Waals surface area contributed by atoms with Crippen molar-refractivity contribution in [1.29, 1.82) is 0 Å². The topological polar surface area (TPSA) is 63.2 Å². The van der Waals surface area contributed by atoms with E-state index in [1.165, 1.54) is 0 Å². The number of benzene rings is 1. The molecule has 1 aromatic carbocycles. The second kappa shape index (κ2) is 5.04. The SMILES string of the molecule is CC(C)(C)Nc1nc(-c2ccc3c(c2)NC(=O)CO3)cs1. The quantitative estimate of drug-likeness (QED) is 0.893. The van der Waals surface area contributed by atoms with Crippen LogP contribution in [0.3, 0.4) is 0 Å². The van der Waals surface area contributed by atoms with Gasteiger partial charge in [0.25, 0.3) is 5.91 Å². The average molecular weight is 303 g/mol. The number of ether oxygens (including phenoxy) is 1. The monoisotopic (exact) mass is 303 g/mol. The van der Waals surface area contributed by atoms with E-state index >= 15 is 0 Å². The minimum absolute atomic E-state index is 0.0210. The predicted octanol–water partition coefficient (Wildman–Crippen LogP) is 3.35. The van der Waals surface area contributed by atoms with Crippen LogP contribution in [0.15, 0.2) is 23.6 Å². The van der Waals surface area contributed by atoms with Gasteiger partial charge in [-0.15, -0.1) is 11.3 Å². The summed E-state index contributed by atoms with van der Waals surface area (Å²) in [5.41, 5.74) is 2.52. The molecular formula is C15H17N3O2S. The molecule has 2 heterocycles. The first kappa shape index (κ1) is 13.9. The van der Waals surface area contributed by atoms with Crippen molar-refractivity contribution in [3.63, 3.8) is 0 Å². The Balaban J connectivity index is 1.87. The minimum Gasteiger partial charge on any atom is -0.482 e.